The zero-order valence-electron chi connectivity index (χ0n) is 15.2. The molecule has 148 valence electrons. The van der Waals surface area contributed by atoms with E-state index in [1.807, 2.05) is 29.6 Å². The number of fused-ring (bicyclic) bond motifs is 1. The Morgan fingerprint density at radius 2 is 1.83 bits per heavy atom. The first-order chi connectivity index (χ1) is 13.9. The Labute approximate surface area is 170 Å². The highest BCUT2D eigenvalue weighted by Crippen LogP contribution is 2.28. The molecule has 0 unspecified atom stereocenters. The second-order valence-electron chi connectivity index (χ2n) is 6.23. The van der Waals surface area contributed by atoms with E-state index in [4.69, 9.17) is 0 Å². The van der Waals surface area contributed by atoms with Crippen molar-refractivity contribution in [2.24, 2.45) is 0 Å². The minimum atomic E-state index is -3.49. The molecule has 7 nitrogen and oxygen atoms in total. The standard InChI is InChI=1S/C19H16FN5O2S2/c1-29(26,27)25-16-5-3-2-4-15(16)23-18-14(20)11-21-19(24-18)22-13-6-7-17-12(10-13)8-9-28-17/h2-11,25H,1H3,(H2,21,22,23,24). The number of anilines is 5. The van der Waals surface area contributed by atoms with Gasteiger partial charge in [0, 0.05) is 10.4 Å². The number of para-hydroxylation sites is 2. The third kappa shape index (κ3) is 4.61. The van der Waals surface area contributed by atoms with Crippen molar-refractivity contribution in [1.29, 1.82) is 0 Å². The molecule has 0 radical (unpaired) electrons. The van der Waals surface area contributed by atoms with Gasteiger partial charge in [0.15, 0.2) is 11.6 Å². The summed E-state index contributed by atoms with van der Waals surface area (Å²) in [6, 6.07) is 14.4. The highest BCUT2D eigenvalue weighted by Gasteiger charge is 2.12. The number of thiophene rings is 1. The summed E-state index contributed by atoms with van der Waals surface area (Å²) in [5, 5.41) is 8.97. The molecule has 2 aromatic carbocycles. The predicted octanol–water partition coefficient (Wildman–Crippen LogP) is 4.69. The van der Waals surface area contributed by atoms with Crippen LogP contribution in [0.4, 0.5) is 33.2 Å². The summed E-state index contributed by atoms with van der Waals surface area (Å²) in [6.45, 7) is 0. The van der Waals surface area contributed by atoms with E-state index in [1.165, 1.54) is 0 Å². The molecule has 0 aliphatic rings. The maximum atomic E-state index is 14.3. The van der Waals surface area contributed by atoms with Gasteiger partial charge in [-0.15, -0.1) is 11.3 Å². The van der Waals surface area contributed by atoms with E-state index >= 15 is 0 Å². The number of nitrogens with zero attached hydrogens (tertiary/aromatic N) is 2. The Hall–Kier alpha value is -3.24. The SMILES string of the molecule is CS(=O)(=O)Nc1ccccc1Nc1nc(Nc2ccc3sccc3c2)ncc1F. The second-order valence-corrected chi connectivity index (χ2v) is 8.93. The lowest BCUT2D eigenvalue weighted by molar-refractivity contribution is 0.607. The molecule has 3 N–H and O–H groups in total. The first-order valence-electron chi connectivity index (χ1n) is 8.48. The van der Waals surface area contributed by atoms with E-state index in [1.54, 1.807) is 35.6 Å². The molecule has 4 aromatic rings. The maximum absolute atomic E-state index is 14.3. The minimum Gasteiger partial charge on any atom is -0.336 e. The van der Waals surface area contributed by atoms with E-state index in [0.29, 0.717) is 5.69 Å². The Kier molecular flexibility index (Phi) is 5.03. The molecule has 0 atom stereocenters. The average molecular weight is 430 g/mol. The lowest BCUT2D eigenvalue weighted by atomic mass is 10.2. The number of hydrogen-bond donors (Lipinski definition) is 3. The van der Waals surface area contributed by atoms with Crippen LogP contribution in [0.5, 0.6) is 0 Å². The van der Waals surface area contributed by atoms with Crippen LogP contribution in [0.25, 0.3) is 10.1 Å². The molecule has 0 fully saturated rings. The lowest BCUT2D eigenvalue weighted by Crippen LogP contribution is -2.11. The fraction of sp³-hybridized carbons (Fsp3) is 0.0526. The van der Waals surface area contributed by atoms with Gasteiger partial charge in [0.05, 0.1) is 23.8 Å². The van der Waals surface area contributed by atoms with Gasteiger partial charge >= 0.3 is 0 Å². The summed E-state index contributed by atoms with van der Waals surface area (Å²) in [4.78, 5) is 8.16. The number of benzene rings is 2. The highest BCUT2D eigenvalue weighted by molar-refractivity contribution is 7.92. The number of rotatable bonds is 6. The zero-order valence-corrected chi connectivity index (χ0v) is 16.8. The van der Waals surface area contributed by atoms with Gasteiger partial charge in [0.1, 0.15) is 0 Å². The topological polar surface area (TPSA) is 96.0 Å². The number of hydrogen-bond acceptors (Lipinski definition) is 7. The van der Waals surface area contributed by atoms with Crippen molar-refractivity contribution in [3.8, 4) is 0 Å². The molecule has 0 bridgehead atoms. The first kappa shape index (κ1) is 19.1. The largest absolute Gasteiger partial charge is 0.336 e. The van der Waals surface area contributed by atoms with Crippen molar-refractivity contribution in [1.82, 2.24) is 9.97 Å². The van der Waals surface area contributed by atoms with Gasteiger partial charge in [-0.2, -0.15) is 4.98 Å². The van der Waals surface area contributed by atoms with Crippen molar-refractivity contribution in [3.05, 3.63) is 65.9 Å². The summed E-state index contributed by atoms with van der Waals surface area (Å²) in [6.07, 6.45) is 2.09. The summed E-state index contributed by atoms with van der Waals surface area (Å²) in [7, 11) is -3.49. The molecule has 2 heterocycles. The number of aromatic nitrogens is 2. The third-order valence-corrected chi connectivity index (χ3v) is 5.42. The Morgan fingerprint density at radius 1 is 1.03 bits per heavy atom. The molecule has 0 aliphatic carbocycles. The first-order valence-corrected chi connectivity index (χ1v) is 11.3. The summed E-state index contributed by atoms with van der Waals surface area (Å²) < 4.78 is 40.9. The summed E-state index contributed by atoms with van der Waals surface area (Å²) in [5.74, 6) is -0.545. The van der Waals surface area contributed by atoms with E-state index in [-0.39, 0.29) is 17.5 Å². The molecule has 0 saturated heterocycles. The van der Waals surface area contributed by atoms with E-state index < -0.39 is 15.8 Å². The Morgan fingerprint density at radius 3 is 2.62 bits per heavy atom. The number of nitrogens with one attached hydrogen (secondary N) is 3. The molecular formula is C19H16FN5O2S2. The van der Waals surface area contributed by atoms with Crippen molar-refractivity contribution in [2.75, 3.05) is 21.6 Å². The van der Waals surface area contributed by atoms with E-state index in [0.717, 1.165) is 28.2 Å². The molecule has 10 heteroatoms. The molecule has 0 saturated carbocycles. The van der Waals surface area contributed by atoms with Crippen LogP contribution in [0.3, 0.4) is 0 Å². The summed E-state index contributed by atoms with van der Waals surface area (Å²) in [5.41, 5.74) is 1.42. The van der Waals surface area contributed by atoms with Gasteiger partial charge in [-0.25, -0.2) is 17.8 Å². The molecular weight excluding hydrogens is 413 g/mol. The van der Waals surface area contributed by atoms with E-state index in [2.05, 4.69) is 25.3 Å². The van der Waals surface area contributed by atoms with Crippen LogP contribution in [0, 0.1) is 5.82 Å². The van der Waals surface area contributed by atoms with Crippen molar-refractivity contribution in [2.45, 2.75) is 0 Å². The smallest absolute Gasteiger partial charge is 0.229 e. The van der Waals surface area contributed by atoms with Gasteiger partial charge in [-0.3, -0.25) is 4.72 Å². The van der Waals surface area contributed by atoms with Gasteiger partial charge in [-0.05, 0) is 47.2 Å². The van der Waals surface area contributed by atoms with Crippen molar-refractivity contribution in [3.63, 3.8) is 0 Å². The fourth-order valence-electron chi connectivity index (χ4n) is 2.70. The maximum Gasteiger partial charge on any atom is 0.229 e. The Balaban J connectivity index is 1.61. The van der Waals surface area contributed by atoms with Crippen LogP contribution < -0.4 is 15.4 Å². The highest BCUT2D eigenvalue weighted by atomic mass is 32.2. The molecule has 0 aliphatic heterocycles. The minimum absolute atomic E-state index is 0.0816. The normalized spacial score (nSPS) is 11.4. The Bertz CT molecular complexity index is 1290. The van der Waals surface area contributed by atoms with Crippen LogP contribution in [0.15, 0.2) is 60.1 Å². The third-order valence-electron chi connectivity index (χ3n) is 3.93. The van der Waals surface area contributed by atoms with Crippen LogP contribution in [-0.2, 0) is 10.0 Å². The monoisotopic (exact) mass is 429 g/mol. The predicted molar refractivity (Wildman–Crippen MR) is 115 cm³/mol. The van der Waals surface area contributed by atoms with Gasteiger partial charge in [0.2, 0.25) is 16.0 Å². The van der Waals surface area contributed by atoms with Crippen LogP contribution in [0.2, 0.25) is 0 Å². The molecule has 0 amide bonds. The number of halogens is 1. The molecule has 29 heavy (non-hydrogen) atoms. The quantitative estimate of drug-likeness (QED) is 0.412. The van der Waals surface area contributed by atoms with Crippen molar-refractivity contribution < 1.29 is 12.8 Å². The molecule has 0 spiro atoms. The zero-order chi connectivity index (χ0) is 20.4. The van der Waals surface area contributed by atoms with Gasteiger partial charge < -0.3 is 10.6 Å². The molecule has 2 aromatic heterocycles. The van der Waals surface area contributed by atoms with E-state index in [9.17, 15) is 12.8 Å². The number of sulfonamides is 1. The molecule has 4 rings (SSSR count). The van der Waals surface area contributed by atoms with Crippen LogP contribution >= 0.6 is 11.3 Å². The van der Waals surface area contributed by atoms with Crippen LogP contribution in [0.1, 0.15) is 0 Å². The van der Waals surface area contributed by atoms with Crippen molar-refractivity contribution >= 4 is 60.3 Å². The average Bonchev–Trinajstić information content (AvgIpc) is 3.13. The fourth-order valence-corrected chi connectivity index (χ4v) is 4.05. The van der Waals surface area contributed by atoms with Gasteiger partial charge in [-0.1, -0.05) is 12.1 Å². The lowest BCUT2D eigenvalue weighted by Gasteiger charge is -2.13. The van der Waals surface area contributed by atoms with Crippen LogP contribution in [-0.4, -0.2) is 24.6 Å². The summed E-state index contributed by atoms with van der Waals surface area (Å²) >= 11 is 1.65. The second kappa shape index (κ2) is 7.64. The van der Waals surface area contributed by atoms with Gasteiger partial charge in [0.25, 0.3) is 0 Å².